The van der Waals surface area contributed by atoms with Crippen molar-refractivity contribution >= 4 is 24.2 Å². The third-order valence-corrected chi connectivity index (χ3v) is 4.45. The minimum Gasteiger partial charge on any atom is -0.351 e. The average Bonchev–Trinajstić information content (AvgIpc) is 2.91. The Morgan fingerprint density at radius 1 is 1.39 bits per heavy atom. The first kappa shape index (κ1) is 17.8. The van der Waals surface area contributed by atoms with E-state index < -0.39 is 0 Å². The summed E-state index contributed by atoms with van der Waals surface area (Å²) in [6, 6.07) is 8.01. The first-order chi connectivity index (χ1) is 10.6. The van der Waals surface area contributed by atoms with Crippen LogP contribution in [0.25, 0.3) is 0 Å². The lowest BCUT2D eigenvalue weighted by Crippen LogP contribution is -2.52. The van der Waals surface area contributed by atoms with E-state index in [4.69, 9.17) is 0 Å². The number of halogens is 1. The van der Waals surface area contributed by atoms with Crippen molar-refractivity contribution in [3.05, 3.63) is 35.4 Å². The molecule has 0 saturated carbocycles. The number of hydrogen-bond donors (Lipinski definition) is 2. The van der Waals surface area contributed by atoms with Gasteiger partial charge < -0.3 is 15.5 Å². The van der Waals surface area contributed by atoms with Crippen LogP contribution in [-0.4, -0.2) is 41.9 Å². The van der Waals surface area contributed by atoms with E-state index in [1.165, 1.54) is 11.1 Å². The third kappa shape index (κ3) is 4.24. The summed E-state index contributed by atoms with van der Waals surface area (Å²) in [5.41, 5.74) is 2.51. The average molecular weight is 338 g/mol. The van der Waals surface area contributed by atoms with Crippen molar-refractivity contribution < 1.29 is 9.59 Å². The Morgan fingerprint density at radius 2 is 2.13 bits per heavy atom. The van der Waals surface area contributed by atoms with E-state index >= 15 is 0 Å². The summed E-state index contributed by atoms with van der Waals surface area (Å²) in [5.74, 6) is 0.222. The van der Waals surface area contributed by atoms with Gasteiger partial charge in [0.2, 0.25) is 11.8 Å². The van der Waals surface area contributed by atoms with Gasteiger partial charge in [-0.05, 0) is 30.9 Å². The molecule has 2 unspecified atom stereocenters. The van der Waals surface area contributed by atoms with Crippen LogP contribution in [0.1, 0.15) is 30.9 Å². The molecule has 2 aliphatic heterocycles. The number of rotatable bonds is 4. The van der Waals surface area contributed by atoms with E-state index in [2.05, 4.69) is 22.8 Å². The molecule has 2 aliphatic rings. The van der Waals surface area contributed by atoms with E-state index in [1.807, 2.05) is 24.0 Å². The number of fused-ring (bicyclic) bond motifs is 1. The van der Waals surface area contributed by atoms with E-state index in [0.29, 0.717) is 13.0 Å². The van der Waals surface area contributed by atoms with E-state index in [9.17, 15) is 9.59 Å². The highest BCUT2D eigenvalue weighted by atomic mass is 35.5. The van der Waals surface area contributed by atoms with Gasteiger partial charge in [-0.2, -0.15) is 0 Å². The predicted octanol–water partition coefficient (Wildman–Crippen LogP) is 1.25. The third-order valence-electron chi connectivity index (χ3n) is 4.45. The number of nitrogens with zero attached hydrogens (tertiary/aromatic N) is 1. The molecule has 1 aromatic rings. The number of hydrogen-bond acceptors (Lipinski definition) is 3. The standard InChI is InChI=1S/C17H23N3O2.ClH/c1-12(11-20-8-4-7-16(20)21)19-17(22)15-9-13-5-2-3-6-14(13)10-18-15;/h2-3,5-6,12,15,18H,4,7-11H2,1H3,(H,19,22);1H. The highest BCUT2D eigenvalue weighted by Gasteiger charge is 2.26. The van der Waals surface area contributed by atoms with Crippen LogP contribution in [-0.2, 0) is 22.6 Å². The Bertz CT molecular complexity index is 579. The van der Waals surface area contributed by atoms with Crippen LogP contribution >= 0.6 is 12.4 Å². The Balaban J connectivity index is 0.00000192. The molecule has 0 aromatic heterocycles. The molecule has 2 N–H and O–H groups in total. The topological polar surface area (TPSA) is 61.4 Å². The van der Waals surface area contributed by atoms with Crippen LogP contribution in [0.4, 0.5) is 0 Å². The molecule has 2 heterocycles. The second kappa shape index (κ2) is 7.79. The number of carbonyl (C=O) groups is 2. The zero-order chi connectivity index (χ0) is 15.5. The molecule has 1 saturated heterocycles. The molecule has 126 valence electrons. The van der Waals surface area contributed by atoms with Crippen LogP contribution in [0.2, 0.25) is 0 Å². The molecule has 3 rings (SSSR count). The molecular weight excluding hydrogens is 314 g/mol. The Labute approximate surface area is 143 Å². The summed E-state index contributed by atoms with van der Waals surface area (Å²) in [6.07, 6.45) is 2.29. The maximum absolute atomic E-state index is 12.4. The molecule has 23 heavy (non-hydrogen) atoms. The Kier molecular flexibility index (Phi) is 6.02. The van der Waals surface area contributed by atoms with Gasteiger partial charge in [0.15, 0.2) is 0 Å². The second-order valence-corrected chi connectivity index (χ2v) is 6.26. The van der Waals surface area contributed by atoms with Crippen molar-refractivity contribution in [2.45, 2.75) is 44.8 Å². The molecule has 2 atom stereocenters. The first-order valence-corrected chi connectivity index (χ1v) is 8.02. The van der Waals surface area contributed by atoms with Crippen LogP contribution < -0.4 is 10.6 Å². The molecule has 0 radical (unpaired) electrons. The molecule has 2 amide bonds. The molecule has 0 spiro atoms. The quantitative estimate of drug-likeness (QED) is 0.869. The molecule has 6 heteroatoms. The van der Waals surface area contributed by atoms with Crippen molar-refractivity contribution in [3.63, 3.8) is 0 Å². The summed E-state index contributed by atoms with van der Waals surface area (Å²) >= 11 is 0. The number of likely N-dealkylation sites (tertiary alicyclic amines) is 1. The van der Waals surface area contributed by atoms with Gasteiger partial charge in [0, 0.05) is 32.1 Å². The largest absolute Gasteiger partial charge is 0.351 e. The van der Waals surface area contributed by atoms with Gasteiger partial charge in [0.05, 0.1) is 6.04 Å². The second-order valence-electron chi connectivity index (χ2n) is 6.26. The van der Waals surface area contributed by atoms with Crippen molar-refractivity contribution in [3.8, 4) is 0 Å². The SMILES string of the molecule is CC(CN1CCCC1=O)NC(=O)C1Cc2ccccc2CN1.Cl. The van der Waals surface area contributed by atoms with Crippen molar-refractivity contribution in [1.29, 1.82) is 0 Å². The maximum atomic E-state index is 12.4. The fourth-order valence-corrected chi connectivity index (χ4v) is 3.26. The molecule has 1 aromatic carbocycles. The molecule has 0 aliphatic carbocycles. The number of nitrogens with one attached hydrogen (secondary N) is 2. The zero-order valence-electron chi connectivity index (χ0n) is 13.4. The minimum absolute atomic E-state index is 0. The van der Waals surface area contributed by atoms with Crippen LogP contribution in [0.3, 0.4) is 0 Å². The summed E-state index contributed by atoms with van der Waals surface area (Å²) in [6.45, 7) is 4.11. The lowest BCUT2D eigenvalue weighted by molar-refractivity contribution is -0.129. The highest BCUT2D eigenvalue weighted by molar-refractivity contribution is 5.85. The van der Waals surface area contributed by atoms with Crippen LogP contribution in [0, 0.1) is 0 Å². The molecule has 0 bridgehead atoms. The zero-order valence-corrected chi connectivity index (χ0v) is 14.2. The first-order valence-electron chi connectivity index (χ1n) is 8.02. The molecule has 1 fully saturated rings. The highest BCUT2D eigenvalue weighted by Crippen LogP contribution is 2.16. The predicted molar refractivity (Wildman–Crippen MR) is 91.4 cm³/mol. The van der Waals surface area contributed by atoms with Crippen LogP contribution in [0.15, 0.2) is 24.3 Å². The van der Waals surface area contributed by atoms with Gasteiger partial charge in [0.1, 0.15) is 0 Å². The van der Waals surface area contributed by atoms with E-state index in [0.717, 1.165) is 25.9 Å². The van der Waals surface area contributed by atoms with Gasteiger partial charge in [-0.1, -0.05) is 24.3 Å². The monoisotopic (exact) mass is 337 g/mol. The van der Waals surface area contributed by atoms with Gasteiger partial charge in [-0.15, -0.1) is 12.4 Å². The van der Waals surface area contributed by atoms with E-state index in [1.54, 1.807) is 0 Å². The Morgan fingerprint density at radius 3 is 2.83 bits per heavy atom. The lowest BCUT2D eigenvalue weighted by Gasteiger charge is -2.28. The fraction of sp³-hybridized carbons (Fsp3) is 0.529. The van der Waals surface area contributed by atoms with Gasteiger partial charge in [-0.25, -0.2) is 0 Å². The molecule has 5 nitrogen and oxygen atoms in total. The summed E-state index contributed by atoms with van der Waals surface area (Å²) in [7, 11) is 0. The van der Waals surface area contributed by atoms with Crippen molar-refractivity contribution in [2.75, 3.05) is 13.1 Å². The van der Waals surface area contributed by atoms with Crippen molar-refractivity contribution in [2.24, 2.45) is 0 Å². The summed E-state index contributed by atoms with van der Waals surface area (Å²) in [5, 5.41) is 6.32. The minimum atomic E-state index is -0.188. The van der Waals surface area contributed by atoms with Gasteiger partial charge in [0.25, 0.3) is 0 Å². The number of carbonyl (C=O) groups excluding carboxylic acids is 2. The maximum Gasteiger partial charge on any atom is 0.237 e. The fourth-order valence-electron chi connectivity index (χ4n) is 3.26. The summed E-state index contributed by atoms with van der Waals surface area (Å²) in [4.78, 5) is 25.9. The normalized spacial score (nSPS) is 21.3. The summed E-state index contributed by atoms with van der Waals surface area (Å²) < 4.78 is 0. The van der Waals surface area contributed by atoms with Gasteiger partial charge >= 0.3 is 0 Å². The van der Waals surface area contributed by atoms with Gasteiger partial charge in [-0.3, -0.25) is 9.59 Å². The van der Waals surface area contributed by atoms with Crippen LogP contribution in [0.5, 0.6) is 0 Å². The Hall–Kier alpha value is -1.59. The smallest absolute Gasteiger partial charge is 0.237 e. The molecular formula is C17H24ClN3O2. The van der Waals surface area contributed by atoms with Crippen molar-refractivity contribution in [1.82, 2.24) is 15.5 Å². The lowest BCUT2D eigenvalue weighted by atomic mass is 9.95. The number of amides is 2. The van der Waals surface area contributed by atoms with E-state index in [-0.39, 0.29) is 36.3 Å². The number of benzene rings is 1.